The van der Waals surface area contributed by atoms with Gasteiger partial charge < -0.3 is 10.1 Å². The van der Waals surface area contributed by atoms with Gasteiger partial charge in [-0.1, -0.05) is 47.7 Å². The quantitative estimate of drug-likeness (QED) is 0.444. The van der Waals surface area contributed by atoms with E-state index in [0.29, 0.717) is 20.6 Å². The maximum absolute atomic E-state index is 13.6. The Bertz CT molecular complexity index is 1610. The van der Waals surface area contributed by atoms with Gasteiger partial charge in [-0.25, -0.2) is 4.99 Å². The summed E-state index contributed by atoms with van der Waals surface area (Å²) in [7, 11) is 1.62. The molecular weight excluding hydrogens is 478 g/mol. The molecule has 0 saturated carbocycles. The highest BCUT2D eigenvalue weighted by atomic mass is 32.1. The Kier molecular flexibility index (Phi) is 6.23. The van der Waals surface area contributed by atoms with E-state index in [1.165, 1.54) is 22.7 Å². The molecule has 3 heterocycles. The second kappa shape index (κ2) is 9.48. The molecule has 1 aliphatic rings. The monoisotopic (exact) mass is 501 g/mol. The van der Waals surface area contributed by atoms with Crippen molar-refractivity contribution in [2.24, 2.45) is 4.99 Å². The van der Waals surface area contributed by atoms with Crippen molar-refractivity contribution in [3.63, 3.8) is 0 Å². The molecule has 176 valence electrons. The van der Waals surface area contributed by atoms with E-state index in [0.717, 1.165) is 27.4 Å². The van der Waals surface area contributed by atoms with Crippen LogP contribution < -0.4 is 24.9 Å². The summed E-state index contributed by atoms with van der Waals surface area (Å²) < 4.78 is 7.43. The molecule has 6 nitrogen and oxygen atoms in total. The molecule has 0 radical (unpaired) electrons. The third-order valence-electron chi connectivity index (χ3n) is 5.89. The summed E-state index contributed by atoms with van der Waals surface area (Å²) in [5.41, 5.74) is 3.49. The maximum Gasteiger partial charge on any atom is 0.271 e. The first-order valence-corrected chi connectivity index (χ1v) is 12.7. The Balaban J connectivity index is 1.62. The minimum Gasteiger partial charge on any atom is -0.497 e. The number of rotatable bonds is 5. The number of para-hydroxylation sites is 1. The van der Waals surface area contributed by atoms with Crippen LogP contribution in [0.5, 0.6) is 5.75 Å². The highest BCUT2D eigenvalue weighted by Crippen LogP contribution is 2.33. The lowest BCUT2D eigenvalue weighted by Crippen LogP contribution is -2.40. The average molecular weight is 502 g/mol. The molecule has 2 aromatic carbocycles. The van der Waals surface area contributed by atoms with Crippen LogP contribution in [0.1, 0.15) is 29.0 Å². The molecule has 1 aliphatic heterocycles. The van der Waals surface area contributed by atoms with Crippen molar-refractivity contribution in [1.29, 1.82) is 0 Å². The number of methoxy groups -OCH3 is 1. The summed E-state index contributed by atoms with van der Waals surface area (Å²) in [6.45, 7) is 3.77. The number of aryl methyl sites for hydroxylation is 1. The number of nitrogens with one attached hydrogen (secondary N) is 1. The predicted molar refractivity (Wildman–Crippen MR) is 141 cm³/mol. The number of fused-ring (bicyclic) bond motifs is 1. The first-order valence-electron chi connectivity index (χ1n) is 11.0. The van der Waals surface area contributed by atoms with Crippen LogP contribution in [0.15, 0.2) is 87.1 Å². The zero-order valence-corrected chi connectivity index (χ0v) is 21.1. The van der Waals surface area contributed by atoms with Crippen molar-refractivity contribution in [3.05, 3.63) is 113 Å². The molecule has 0 aliphatic carbocycles. The van der Waals surface area contributed by atoms with E-state index in [9.17, 15) is 9.59 Å². The summed E-state index contributed by atoms with van der Waals surface area (Å²) in [4.78, 5) is 33.4. The van der Waals surface area contributed by atoms with Gasteiger partial charge in [0.2, 0.25) is 0 Å². The molecule has 0 fully saturated rings. The molecule has 1 atom stereocenters. The predicted octanol–water partition coefficient (Wildman–Crippen LogP) is 4.25. The molecule has 0 bridgehead atoms. The number of aromatic nitrogens is 1. The minimum absolute atomic E-state index is 0.170. The lowest BCUT2D eigenvalue weighted by molar-refractivity contribution is -0.113. The van der Waals surface area contributed by atoms with E-state index >= 15 is 0 Å². The number of carbonyl (C=O) groups is 1. The van der Waals surface area contributed by atoms with Crippen LogP contribution in [0, 0.1) is 6.92 Å². The zero-order chi connectivity index (χ0) is 24.5. The van der Waals surface area contributed by atoms with Gasteiger partial charge in [-0.05, 0) is 60.7 Å². The number of hydrogen-bond acceptors (Lipinski definition) is 6. The molecule has 1 N–H and O–H groups in total. The third kappa shape index (κ3) is 4.38. The fourth-order valence-corrected chi connectivity index (χ4v) is 5.95. The van der Waals surface area contributed by atoms with E-state index in [-0.39, 0.29) is 11.5 Å². The number of thiophene rings is 1. The van der Waals surface area contributed by atoms with Crippen LogP contribution in [-0.4, -0.2) is 17.6 Å². The molecule has 4 aromatic rings. The number of nitrogens with zero attached hydrogens (tertiary/aromatic N) is 2. The van der Waals surface area contributed by atoms with Gasteiger partial charge in [0.15, 0.2) is 4.80 Å². The number of hydrogen-bond donors (Lipinski definition) is 1. The van der Waals surface area contributed by atoms with Gasteiger partial charge >= 0.3 is 0 Å². The standard InChI is InChI=1S/C27H23N3O3S2/c1-16-7-4-5-8-20(16)29-25(31)23-17(2)28-27-30(24(23)21-9-6-14-34-21)26(32)22(35-27)15-18-10-12-19(33-3)13-11-18/h4-15,24H,1-3H3,(H,29,31)/b22-15+. The van der Waals surface area contributed by atoms with E-state index in [1.807, 2.05) is 86.0 Å². The van der Waals surface area contributed by atoms with E-state index in [1.54, 1.807) is 11.7 Å². The van der Waals surface area contributed by atoms with Crippen LogP contribution in [0.25, 0.3) is 6.08 Å². The molecule has 1 unspecified atom stereocenters. The summed E-state index contributed by atoms with van der Waals surface area (Å²) in [5.74, 6) is 0.490. The molecular formula is C27H23N3O3S2. The third-order valence-corrected chi connectivity index (χ3v) is 7.79. The second-order valence-corrected chi connectivity index (χ2v) is 10.1. The minimum atomic E-state index is -0.548. The molecule has 0 spiro atoms. The van der Waals surface area contributed by atoms with Gasteiger partial charge in [0.25, 0.3) is 11.5 Å². The molecule has 35 heavy (non-hydrogen) atoms. The Morgan fingerprint density at radius 1 is 1.09 bits per heavy atom. The van der Waals surface area contributed by atoms with Crippen molar-refractivity contribution in [2.75, 3.05) is 12.4 Å². The Labute approximate surface area is 210 Å². The Morgan fingerprint density at radius 2 is 1.86 bits per heavy atom. The molecule has 0 saturated heterocycles. The van der Waals surface area contributed by atoms with Crippen molar-refractivity contribution in [1.82, 2.24) is 4.57 Å². The van der Waals surface area contributed by atoms with Crippen molar-refractivity contribution in [2.45, 2.75) is 19.9 Å². The molecule has 2 aromatic heterocycles. The van der Waals surface area contributed by atoms with Gasteiger partial charge in [0.05, 0.1) is 22.9 Å². The average Bonchev–Trinajstić information content (AvgIpc) is 3.49. The molecule has 1 amide bonds. The first-order chi connectivity index (χ1) is 17.0. The smallest absolute Gasteiger partial charge is 0.271 e. The molecule has 8 heteroatoms. The highest BCUT2D eigenvalue weighted by Gasteiger charge is 2.33. The Morgan fingerprint density at radius 3 is 2.54 bits per heavy atom. The summed E-state index contributed by atoms with van der Waals surface area (Å²) in [6, 6.07) is 18.5. The van der Waals surface area contributed by atoms with E-state index in [2.05, 4.69) is 10.3 Å². The van der Waals surface area contributed by atoms with E-state index in [4.69, 9.17) is 4.74 Å². The van der Waals surface area contributed by atoms with Gasteiger partial charge in [-0.3, -0.25) is 14.2 Å². The van der Waals surface area contributed by atoms with E-state index < -0.39 is 6.04 Å². The number of allylic oxidation sites excluding steroid dienone is 1. The highest BCUT2D eigenvalue weighted by molar-refractivity contribution is 7.10. The SMILES string of the molecule is COc1ccc(/C=c2/sc3n(c2=O)C(c2cccs2)C(C(=O)Nc2ccccc2C)=C(C)N=3)cc1. The van der Waals surface area contributed by atoms with Crippen LogP contribution in [-0.2, 0) is 4.79 Å². The van der Waals surface area contributed by atoms with Gasteiger partial charge in [-0.15, -0.1) is 11.3 Å². The zero-order valence-electron chi connectivity index (χ0n) is 19.4. The Hall–Kier alpha value is -3.75. The number of amides is 1. The number of carbonyl (C=O) groups excluding carboxylic acids is 1. The molecule has 5 rings (SSSR count). The lowest BCUT2D eigenvalue weighted by Gasteiger charge is -2.24. The summed E-state index contributed by atoms with van der Waals surface area (Å²) in [5, 5.41) is 4.98. The van der Waals surface area contributed by atoms with Crippen molar-refractivity contribution >= 4 is 40.3 Å². The topological polar surface area (TPSA) is 72.7 Å². The fraction of sp³-hybridized carbons (Fsp3) is 0.148. The number of benzene rings is 2. The number of thiazole rings is 1. The largest absolute Gasteiger partial charge is 0.497 e. The van der Waals surface area contributed by atoms with Gasteiger partial charge in [-0.2, -0.15) is 0 Å². The van der Waals surface area contributed by atoms with Crippen LogP contribution in [0.4, 0.5) is 5.69 Å². The maximum atomic E-state index is 13.6. The lowest BCUT2D eigenvalue weighted by atomic mass is 10.0. The van der Waals surface area contributed by atoms with Crippen molar-refractivity contribution in [3.8, 4) is 5.75 Å². The van der Waals surface area contributed by atoms with Crippen molar-refractivity contribution < 1.29 is 9.53 Å². The summed E-state index contributed by atoms with van der Waals surface area (Å²) in [6.07, 6.45) is 1.85. The van der Waals surface area contributed by atoms with Gasteiger partial charge in [0, 0.05) is 10.6 Å². The second-order valence-electron chi connectivity index (χ2n) is 8.14. The van der Waals surface area contributed by atoms with Crippen LogP contribution in [0.2, 0.25) is 0 Å². The summed E-state index contributed by atoms with van der Waals surface area (Å²) >= 11 is 2.84. The number of anilines is 1. The van der Waals surface area contributed by atoms with Gasteiger partial charge in [0.1, 0.15) is 11.8 Å². The fourth-order valence-electron chi connectivity index (χ4n) is 4.08. The van der Waals surface area contributed by atoms with Crippen LogP contribution >= 0.6 is 22.7 Å². The first kappa shape index (κ1) is 23.0. The number of ether oxygens (including phenoxy) is 1. The van der Waals surface area contributed by atoms with Crippen LogP contribution in [0.3, 0.4) is 0 Å². The normalized spacial score (nSPS) is 15.5.